The second-order valence-electron chi connectivity index (χ2n) is 5.32. The molecule has 2 aromatic carbocycles. The number of fused-ring (bicyclic) bond motifs is 1. The van der Waals surface area contributed by atoms with Crippen LogP contribution < -0.4 is 16.0 Å². The fourth-order valence-corrected chi connectivity index (χ4v) is 3.43. The van der Waals surface area contributed by atoms with Crippen molar-refractivity contribution in [2.45, 2.75) is 6.92 Å². The van der Waals surface area contributed by atoms with Gasteiger partial charge in [0.25, 0.3) is 5.91 Å². The molecule has 3 aromatic rings. The summed E-state index contributed by atoms with van der Waals surface area (Å²) in [7, 11) is 0. The van der Waals surface area contributed by atoms with Gasteiger partial charge in [-0.15, -0.1) is 11.3 Å². The van der Waals surface area contributed by atoms with Gasteiger partial charge in [-0.2, -0.15) is 0 Å². The van der Waals surface area contributed by atoms with Crippen molar-refractivity contribution in [3.63, 3.8) is 0 Å². The van der Waals surface area contributed by atoms with E-state index >= 15 is 0 Å². The number of nitrogens with one attached hydrogen (secondary N) is 3. The van der Waals surface area contributed by atoms with Crippen molar-refractivity contribution in [3.8, 4) is 0 Å². The van der Waals surface area contributed by atoms with Crippen molar-refractivity contribution in [3.05, 3.63) is 59.5 Å². The Hall–Kier alpha value is -2.77. The number of thiocarbonyl (C=S) groups is 1. The molecule has 0 unspecified atom stereocenters. The summed E-state index contributed by atoms with van der Waals surface area (Å²) >= 11 is 6.61. The van der Waals surface area contributed by atoms with Crippen molar-refractivity contribution < 1.29 is 9.59 Å². The molecule has 1 heterocycles. The van der Waals surface area contributed by atoms with Crippen LogP contribution in [0.5, 0.6) is 0 Å². The maximum absolute atomic E-state index is 12.3. The number of hydrogen-bond donors (Lipinski definition) is 3. The van der Waals surface area contributed by atoms with Gasteiger partial charge in [0.15, 0.2) is 5.11 Å². The minimum absolute atomic E-state index is 0.133. The number of carbonyl (C=O) groups excluding carboxylic acids is 2. The SMILES string of the molecule is CC(=O)Nc1ccc(NC(=S)NC(=O)c2cc3ccccc3s2)cc1. The maximum Gasteiger partial charge on any atom is 0.267 e. The van der Waals surface area contributed by atoms with Crippen molar-refractivity contribution in [2.75, 3.05) is 10.6 Å². The van der Waals surface area contributed by atoms with Crippen LogP contribution in [-0.2, 0) is 4.79 Å². The third-order valence-corrected chi connectivity index (χ3v) is 4.66. The summed E-state index contributed by atoms with van der Waals surface area (Å²) in [6, 6.07) is 16.7. The topological polar surface area (TPSA) is 70.2 Å². The fourth-order valence-electron chi connectivity index (χ4n) is 2.26. The van der Waals surface area contributed by atoms with Crippen molar-refractivity contribution >= 4 is 61.9 Å². The first-order valence-electron chi connectivity index (χ1n) is 7.50. The Balaban J connectivity index is 1.61. The molecule has 0 aliphatic rings. The van der Waals surface area contributed by atoms with Gasteiger partial charge in [0, 0.05) is 23.0 Å². The molecule has 25 heavy (non-hydrogen) atoms. The minimum Gasteiger partial charge on any atom is -0.332 e. The Labute approximate surface area is 154 Å². The number of amides is 2. The first-order valence-corrected chi connectivity index (χ1v) is 8.72. The quantitative estimate of drug-likeness (QED) is 0.611. The lowest BCUT2D eigenvalue weighted by molar-refractivity contribution is -0.114. The van der Waals surface area contributed by atoms with Gasteiger partial charge in [-0.3, -0.25) is 14.9 Å². The largest absolute Gasteiger partial charge is 0.332 e. The molecule has 126 valence electrons. The van der Waals surface area contributed by atoms with Crippen LogP contribution in [-0.4, -0.2) is 16.9 Å². The van der Waals surface area contributed by atoms with Crippen LogP contribution in [0.2, 0.25) is 0 Å². The highest BCUT2D eigenvalue weighted by molar-refractivity contribution is 7.80. The highest BCUT2D eigenvalue weighted by Crippen LogP contribution is 2.25. The summed E-state index contributed by atoms with van der Waals surface area (Å²) in [6.45, 7) is 1.45. The second kappa shape index (κ2) is 7.42. The van der Waals surface area contributed by atoms with Gasteiger partial charge in [-0.1, -0.05) is 18.2 Å². The van der Waals surface area contributed by atoms with Gasteiger partial charge in [-0.05, 0) is 54.0 Å². The molecular weight excluding hydrogens is 354 g/mol. The third kappa shape index (κ3) is 4.40. The molecule has 0 atom stereocenters. The highest BCUT2D eigenvalue weighted by atomic mass is 32.1. The Kier molecular flexibility index (Phi) is 5.06. The van der Waals surface area contributed by atoms with Gasteiger partial charge < -0.3 is 10.6 Å². The standard InChI is InChI=1S/C18H15N3O2S2/c1-11(22)19-13-6-8-14(9-7-13)20-18(24)21-17(23)16-10-12-4-2-3-5-15(12)25-16/h2-10H,1H3,(H,19,22)(H2,20,21,23,24). The summed E-state index contributed by atoms with van der Waals surface area (Å²) in [5.41, 5.74) is 1.41. The highest BCUT2D eigenvalue weighted by Gasteiger charge is 2.11. The van der Waals surface area contributed by atoms with Crippen LogP contribution >= 0.6 is 23.6 Å². The predicted molar refractivity (Wildman–Crippen MR) is 106 cm³/mol. The molecule has 3 rings (SSSR count). The molecule has 0 aliphatic carbocycles. The number of hydrogen-bond acceptors (Lipinski definition) is 4. The normalized spacial score (nSPS) is 10.3. The van der Waals surface area contributed by atoms with Crippen molar-refractivity contribution in [1.29, 1.82) is 0 Å². The second-order valence-corrected chi connectivity index (χ2v) is 6.81. The van der Waals surface area contributed by atoms with E-state index in [1.807, 2.05) is 30.3 Å². The number of carbonyl (C=O) groups is 2. The molecule has 0 saturated carbocycles. The summed E-state index contributed by atoms with van der Waals surface area (Å²) in [5, 5.41) is 9.56. The molecule has 0 fully saturated rings. The zero-order valence-corrected chi connectivity index (χ0v) is 15.0. The first kappa shape index (κ1) is 17.1. The van der Waals surface area contributed by atoms with E-state index in [0.717, 1.165) is 15.8 Å². The van der Waals surface area contributed by atoms with Crippen molar-refractivity contribution in [2.24, 2.45) is 0 Å². The van der Waals surface area contributed by atoms with E-state index in [-0.39, 0.29) is 16.9 Å². The van der Waals surface area contributed by atoms with Gasteiger partial charge in [-0.25, -0.2) is 0 Å². The monoisotopic (exact) mass is 369 g/mol. The lowest BCUT2D eigenvalue weighted by atomic mass is 10.2. The Bertz CT molecular complexity index is 915. The van der Waals surface area contributed by atoms with Gasteiger partial charge in [0.05, 0.1) is 4.88 Å². The van der Waals surface area contributed by atoms with E-state index in [2.05, 4.69) is 16.0 Å². The zero-order valence-electron chi connectivity index (χ0n) is 13.3. The number of benzene rings is 2. The van der Waals surface area contributed by atoms with E-state index in [4.69, 9.17) is 12.2 Å². The van der Waals surface area contributed by atoms with E-state index < -0.39 is 0 Å². The van der Waals surface area contributed by atoms with E-state index in [1.54, 1.807) is 24.3 Å². The average Bonchev–Trinajstić information content (AvgIpc) is 3.00. The van der Waals surface area contributed by atoms with Crippen molar-refractivity contribution in [1.82, 2.24) is 5.32 Å². The molecule has 3 N–H and O–H groups in total. The van der Waals surface area contributed by atoms with Crippen LogP contribution in [0.25, 0.3) is 10.1 Å². The van der Waals surface area contributed by atoms with E-state index in [9.17, 15) is 9.59 Å². The third-order valence-electron chi connectivity index (χ3n) is 3.34. The predicted octanol–water partition coefficient (Wildman–Crippen LogP) is 3.99. The number of thiophene rings is 1. The molecular formula is C18H15N3O2S2. The smallest absolute Gasteiger partial charge is 0.267 e. The van der Waals surface area contributed by atoms with Gasteiger partial charge in [0.1, 0.15) is 0 Å². The fraction of sp³-hybridized carbons (Fsp3) is 0.0556. The molecule has 0 saturated heterocycles. The summed E-state index contributed by atoms with van der Waals surface area (Å²) in [4.78, 5) is 23.9. The summed E-state index contributed by atoms with van der Waals surface area (Å²) in [5.74, 6) is -0.375. The molecule has 5 nitrogen and oxygen atoms in total. The molecule has 2 amide bonds. The zero-order chi connectivity index (χ0) is 17.8. The Morgan fingerprint density at radius 1 is 0.960 bits per heavy atom. The summed E-state index contributed by atoms with van der Waals surface area (Å²) in [6.07, 6.45) is 0. The number of anilines is 2. The minimum atomic E-state index is -0.242. The molecule has 1 aromatic heterocycles. The molecule has 0 aliphatic heterocycles. The van der Waals surface area contributed by atoms with Crippen LogP contribution in [0, 0.1) is 0 Å². The lowest BCUT2D eigenvalue weighted by Gasteiger charge is -2.09. The van der Waals surface area contributed by atoms with Crippen LogP contribution in [0.1, 0.15) is 16.6 Å². The van der Waals surface area contributed by atoms with Crippen LogP contribution in [0.4, 0.5) is 11.4 Å². The lowest BCUT2D eigenvalue weighted by Crippen LogP contribution is -2.33. The number of rotatable bonds is 3. The molecule has 0 spiro atoms. The van der Waals surface area contributed by atoms with Gasteiger partial charge >= 0.3 is 0 Å². The Morgan fingerprint density at radius 3 is 2.24 bits per heavy atom. The molecule has 0 radical (unpaired) electrons. The molecule has 0 bridgehead atoms. The van der Waals surface area contributed by atoms with Crippen LogP contribution in [0.15, 0.2) is 54.6 Å². The Morgan fingerprint density at radius 2 is 1.60 bits per heavy atom. The summed E-state index contributed by atoms with van der Waals surface area (Å²) < 4.78 is 1.06. The maximum atomic E-state index is 12.3. The first-order chi connectivity index (χ1) is 12.0. The van der Waals surface area contributed by atoms with Gasteiger partial charge in [0.2, 0.25) is 5.91 Å². The van der Waals surface area contributed by atoms with Crippen LogP contribution in [0.3, 0.4) is 0 Å². The van der Waals surface area contributed by atoms with E-state index in [0.29, 0.717) is 10.6 Å². The van der Waals surface area contributed by atoms with E-state index in [1.165, 1.54) is 18.3 Å². The molecule has 7 heteroatoms. The average molecular weight is 369 g/mol.